The van der Waals surface area contributed by atoms with Crippen LogP contribution in [0.1, 0.15) is 12.8 Å². The smallest absolute Gasteiger partial charge is 0.391 e. The molecule has 1 aliphatic rings. The summed E-state index contributed by atoms with van der Waals surface area (Å²) in [5.74, 6) is 0. The summed E-state index contributed by atoms with van der Waals surface area (Å²) in [6.45, 7) is 1.10. The molecule has 1 fully saturated rings. The van der Waals surface area contributed by atoms with E-state index >= 15 is 0 Å². The van der Waals surface area contributed by atoms with Crippen LogP contribution >= 0.6 is 23.0 Å². The second-order valence-corrected chi connectivity index (χ2v) is 3.03. The maximum atomic E-state index is 10.9. The molecule has 0 aromatic heterocycles. The van der Waals surface area contributed by atoms with Crippen molar-refractivity contribution in [3.8, 4) is 0 Å². The molecule has 0 bridgehead atoms. The third kappa shape index (κ3) is 2.48. The Labute approximate surface area is 79.2 Å². The first-order valence-corrected chi connectivity index (χ1v) is 4.37. The molecule has 4 nitrogen and oxygen atoms in total. The molecule has 1 atom stereocenters. The summed E-state index contributed by atoms with van der Waals surface area (Å²) in [4.78, 5) is 12.4. The van der Waals surface area contributed by atoms with Crippen molar-refractivity contribution in [1.29, 1.82) is 0 Å². The Morgan fingerprint density at radius 1 is 1.73 bits per heavy atom. The molecular formula is C6H10INO3. The van der Waals surface area contributed by atoms with E-state index in [1.165, 1.54) is 4.90 Å². The Morgan fingerprint density at radius 2 is 2.45 bits per heavy atom. The van der Waals surface area contributed by atoms with Crippen LogP contribution in [0.4, 0.5) is 4.79 Å². The number of piperidine rings is 1. The van der Waals surface area contributed by atoms with Crippen molar-refractivity contribution in [3.05, 3.63) is 0 Å². The lowest BCUT2D eigenvalue weighted by atomic mass is 10.1. The molecule has 0 aromatic rings. The van der Waals surface area contributed by atoms with Gasteiger partial charge >= 0.3 is 6.09 Å². The molecule has 0 spiro atoms. The number of β-amino-alcohol motifs (C(OH)–C–C–N with tert-alkyl or cyclic N) is 1. The molecule has 1 unspecified atom stereocenters. The van der Waals surface area contributed by atoms with Gasteiger partial charge in [0.15, 0.2) is 23.0 Å². The van der Waals surface area contributed by atoms with Gasteiger partial charge in [-0.05, 0) is 12.8 Å². The highest BCUT2D eigenvalue weighted by molar-refractivity contribution is 14.1. The number of amides is 1. The largest absolute Gasteiger partial charge is 0.419 e. The van der Waals surface area contributed by atoms with E-state index in [1.807, 2.05) is 0 Å². The predicted octanol–water partition coefficient (Wildman–Crippen LogP) is 0.930. The monoisotopic (exact) mass is 271 g/mol. The minimum atomic E-state index is -0.376. The quantitative estimate of drug-likeness (QED) is 0.667. The normalized spacial score (nSPS) is 24.9. The zero-order valence-corrected chi connectivity index (χ0v) is 8.15. The minimum absolute atomic E-state index is 0.357. The summed E-state index contributed by atoms with van der Waals surface area (Å²) in [6.07, 6.45) is 0.904. The lowest BCUT2D eigenvalue weighted by molar-refractivity contribution is 0.0740. The first kappa shape index (κ1) is 9.05. The van der Waals surface area contributed by atoms with E-state index in [2.05, 4.69) is 3.07 Å². The second-order valence-electron chi connectivity index (χ2n) is 2.59. The topological polar surface area (TPSA) is 49.8 Å². The molecule has 0 aromatic carbocycles. The number of carbonyl (C=O) groups excluding carboxylic acids is 1. The maximum absolute atomic E-state index is 10.9. The van der Waals surface area contributed by atoms with Crippen LogP contribution in [-0.4, -0.2) is 35.3 Å². The molecular weight excluding hydrogens is 261 g/mol. The lowest BCUT2D eigenvalue weighted by Gasteiger charge is -2.28. The van der Waals surface area contributed by atoms with E-state index in [0.717, 1.165) is 12.8 Å². The minimum Gasteiger partial charge on any atom is -0.391 e. The van der Waals surface area contributed by atoms with Crippen molar-refractivity contribution in [3.63, 3.8) is 0 Å². The SMILES string of the molecule is O=C(OI)N1CCCC(O)C1. The van der Waals surface area contributed by atoms with Crippen molar-refractivity contribution in [2.45, 2.75) is 18.9 Å². The van der Waals surface area contributed by atoms with Crippen LogP contribution in [0.25, 0.3) is 0 Å². The van der Waals surface area contributed by atoms with Gasteiger partial charge in [0.25, 0.3) is 0 Å². The molecule has 1 N–H and O–H groups in total. The van der Waals surface area contributed by atoms with Gasteiger partial charge in [-0.15, -0.1) is 0 Å². The first-order valence-electron chi connectivity index (χ1n) is 3.49. The third-order valence-electron chi connectivity index (χ3n) is 1.72. The van der Waals surface area contributed by atoms with Crippen LogP contribution in [0, 0.1) is 0 Å². The van der Waals surface area contributed by atoms with Crippen LogP contribution in [0.3, 0.4) is 0 Å². The van der Waals surface area contributed by atoms with Crippen LogP contribution < -0.4 is 0 Å². The van der Waals surface area contributed by atoms with Crippen molar-refractivity contribution in [2.24, 2.45) is 0 Å². The van der Waals surface area contributed by atoms with Crippen molar-refractivity contribution >= 4 is 29.1 Å². The Hall–Kier alpha value is -0.0400. The van der Waals surface area contributed by atoms with Gasteiger partial charge in [-0.25, -0.2) is 4.79 Å². The number of hydrogen-bond donors (Lipinski definition) is 1. The molecule has 0 saturated carbocycles. The average Bonchev–Trinajstić information content (AvgIpc) is 2.03. The van der Waals surface area contributed by atoms with Crippen LogP contribution in [0.2, 0.25) is 0 Å². The summed E-state index contributed by atoms with van der Waals surface area (Å²) >= 11 is 1.55. The lowest BCUT2D eigenvalue weighted by Crippen LogP contribution is -2.41. The molecule has 0 aliphatic carbocycles. The summed E-state index contributed by atoms with van der Waals surface area (Å²) < 4.78 is 4.48. The van der Waals surface area contributed by atoms with Crippen molar-refractivity contribution in [1.82, 2.24) is 4.90 Å². The highest BCUT2D eigenvalue weighted by Crippen LogP contribution is 2.11. The molecule has 1 saturated heterocycles. The van der Waals surface area contributed by atoms with Gasteiger partial charge in [0.1, 0.15) is 0 Å². The molecule has 5 heteroatoms. The van der Waals surface area contributed by atoms with Gasteiger partial charge in [-0.1, -0.05) is 0 Å². The van der Waals surface area contributed by atoms with E-state index < -0.39 is 0 Å². The predicted molar refractivity (Wildman–Crippen MR) is 47.3 cm³/mol. The van der Waals surface area contributed by atoms with Gasteiger partial charge in [0.2, 0.25) is 0 Å². The van der Waals surface area contributed by atoms with Gasteiger partial charge in [-0.3, -0.25) is 0 Å². The average molecular weight is 271 g/mol. The van der Waals surface area contributed by atoms with Crippen molar-refractivity contribution < 1.29 is 13.0 Å². The molecule has 11 heavy (non-hydrogen) atoms. The Morgan fingerprint density at radius 3 is 3.00 bits per heavy atom. The van der Waals surface area contributed by atoms with E-state index in [9.17, 15) is 9.90 Å². The Kier molecular flexibility index (Phi) is 3.38. The molecule has 1 amide bonds. The zero-order chi connectivity index (χ0) is 8.27. The van der Waals surface area contributed by atoms with Gasteiger partial charge in [-0.2, -0.15) is 0 Å². The van der Waals surface area contributed by atoms with E-state index in [4.69, 9.17) is 0 Å². The Balaban J connectivity index is 2.39. The number of carbonyl (C=O) groups is 1. The first-order chi connectivity index (χ1) is 5.24. The number of aliphatic hydroxyl groups is 1. The summed E-state index contributed by atoms with van der Waals surface area (Å²) in [5, 5.41) is 9.17. The molecule has 0 radical (unpaired) electrons. The third-order valence-corrected chi connectivity index (χ3v) is 2.10. The van der Waals surface area contributed by atoms with Crippen LogP contribution in [0.5, 0.6) is 0 Å². The molecule has 1 heterocycles. The standard InChI is InChI=1S/C6H10INO3/c7-11-6(10)8-3-1-2-5(9)4-8/h5,9H,1-4H2. The van der Waals surface area contributed by atoms with Gasteiger partial charge < -0.3 is 13.1 Å². The van der Waals surface area contributed by atoms with Gasteiger partial charge in [0.05, 0.1) is 6.10 Å². The maximum Gasteiger partial charge on any atom is 0.419 e. The van der Waals surface area contributed by atoms with Crippen LogP contribution in [-0.2, 0) is 3.07 Å². The second kappa shape index (κ2) is 4.10. The highest BCUT2D eigenvalue weighted by Gasteiger charge is 2.22. The summed E-state index contributed by atoms with van der Waals surface area (Å²) in [5.41, 5.74) is 0. The number of aliphatic hydroxyl groups excluding tert-OH is 1. The Bertz CT molecular complexity index is 153. The fourth-order valence-corrected chi connectivity index (χ4v) is 1.45. The number of rotatable bonds is 0. The van der Waals surface area contributed by atoms with Gasteiger partial charge in [0, 0.05) is 13.1 Å². The molecule has 64 valence electrons. The van der Waals surface area contributed by atoms with Crippen LogP contribution in [0.15, 0.2) is 0 Å². The van der Waals surface area contributed by atoms with E-state index in [1.54, 1.807) is 23.0 Å². The number of likely N-dealkylation sites (tertiary alicyclic amines) is 1. The summed E-state index contributed by atoms with van der Waals surface area (Å²) in [6, 6.07) is 0. The highest BCUT2D eigenvalue weighted by atomic mass is 127. The number of nitrogens with zero attached hydrogens (tertiary/aromatic N) is 1. The van der Waals surface area contributed by atoms with Crippen molar-refractivity contribution in [2.75, 3.05) is 13.1 Å². The fraction of sp³-hybridized carbons (Fsp3) is 0.833. The molecule has 1 aliphatic heterocycles. The summed E-state index contributed by atoms with van der Waals surface area (Å²) in [7, 11) is 0. The number of halogens is 1. The van der Waals surface area contributed by atoms with E-state index in [-0.39, 0.29) is 12.2 Å². The van der Waals surface area contributed by atoms with E-state index in [0.29, 0.717) is 13.1 Å². The fourth-order valence-electron chi connectivity index (χ4n) is 1.17. The zero-order valence-electron chi connectivity index (χ0n) is 5.99. The molecule has 1 rings (SSSR count). The number of hydrogen-bond acceptors (Lipinski definition) is 3.